The van der Waals surface area contributed by atoms with Gasteiger partial charge in [0.25, 0.3) is 5.56 Å². The summed E-state index contributed by atoms with van der Waals surface area (Å²) in [4.78, 5) is 60.1. The highest BCUT2D eigenvalue weighted by Gasteiger charge is 2.66. The van der Waals surface area contributed by atoms with Crippen molar-refractivity contribution in [2.45, 2.75) is 23.9 Å². The minimum absolute atomic E-state index is 0.195. The molecule has 0 aromatic carbocycles. The van der Waals surface area contributed by atoms with E-state index in [9.17, 15) is 42.1 Å². The third-order valence-corrected chi connectivity index (χ3v) is 7.59. The first-order valence-corrected chi connectivity index (χ1v) is 12.3. The van der Waals surface area contributed by atoms with Crippen LogP contribution >= 0.6 is 23.5 Å². The zero-order chi connectivity index (χ0) is 24.8. The van der Waals surface area contributed by atoms with Crippen molar-refractivity contribution in [2.24, 2.45) is 0 Å². The van der Waals surface area contributed by atoms with Crippen LogP contribution in [0.4, 0.5) is 8.78 Å². The zero-order valence-electron chi connectivity index (χ0n) is 15.3. The molecule has 2 heterocycles. The minimum Gasteiger partial charge on any atom is -0.383 e. The Balaban J connectivity index is 2.29. The minimum atomic E-state index is -5.90. The second kappa shape index (κ2) is 8.76. The molecule has 1 aliphatic heterocycles. The molecule has 5 atom stereocenters. The van der Waals surface area contributed by atoms with Crippen molar-refractivity contribution in [3.8, 4) is 0 Å². The number of nitrogens with one attached hydrogen (secondary N) is 1. The fourth-order valence-corrected chi connectivity index (χ4v) is 5.54. The van der Waals surface area contributed by atoms with Crippen molar-refractivity contribution < 1.29 is 65.0 Å². The molecule has 0 amide bonds. The number of hydrogen-bond acceptors (Lipinski definition) is 10. The summed E-state index contributed by atoms with van der Waals surface area (Å²) in [6, 6.07) is 0.688. The van der Waals surface area contributed by atoms with Crippen molar-refractivity contribution in [1.29, 1.82) is 0 Å². The number of aliphatic hydroxyl groups is 1. The maximum atomic E-state index is 14.6. The highest BCUT2D eigenvalue weighted by atomic mass is 31.3. The molecule has 2 unspecified atom stereocenters. The molecule has 1 aromatic rings. The van der Waals surface area contributed by atoms with Crippen LogP contribution < -0.4 is 11.2 Å². The lowest BCUT2D eigenvalue weighted by atomic mass is 9.95. The average Bonchev–Trinajstić information content (AvgIpc) is 2.78. The summed E-state index contributed by atoms with van der Waals surface area (Å²) in [5, 5.41) is 10.1. The second-order valence-corrected chi connectivity index (χ2v) is 10.5. The molecule has 32 heavy (non-hydrogen) atoms. The zero-order valence-corrected chi connectivity index (χ0v) is 17.9. The van der Waals surface area contributed by atoms with Gasteiger partial charge in [-0.25, -0.2) is 18.5 Å². The summed E-state index contributed by atoms with van der Waals surface area (Å²) < 4.78 is 79.4. The summed E-state index contributed by atoms with van der Waals surface area (Å²) in [5.74, 6) is -4.28. The van der Waals surface area contributed by atoms with Crippen molar-refractivity contribution in [3.63, 3.8) is 0 Å². The van der Waals surface area contributed by atoms with Crippen LogP contribution in [-0.2, 0) is 31.6 Å². The van der Waals surface area contributed by atoms with Crippen LogP contribution in [0.5, 0.6) is 0 Å². The fraction of sp³-hybridized carbons (Fsp3) is 0.455. The molecule has 1 fully saturated rings. The molecule has 0 radical (unpaired) electrons. The predicted molar refractivity (Wildman–Crippen MR) is 95.1 cm³/mol. The number of aromatic amines is 1. The summed E-state index contributed by atoms with van der Waals surface area (Å²) in [6.45, 7) is 1.62. The molecule has 2 rings (SSSR count). The van der Waals surface area contributed by atoms with Crippen LogP contribution in [0.3, 0.4) is 0 Å². The number of rotatable bonds is 9. The second-order valence-electron chi connectivity index (χ2n) is 6.09. The van der Waals surface area contributed by atoms with Crippen LogP contribution in [0.15, 0.2) is 34.5 Å². The lowest BCUT2D eigenvalue weighted by Gasteiger charge is -2.28. The van der Waals surface area contributed by atoms with Crippen molar-refractivity contribution in [1.82, 2.24) is 9.55 Å². The predicted octanol–water partition coefficient (Wildman–Crippen LogP) is -0.670. The number of H-pyrrole nitrogens is 1. The molecule has 6 N–H and O–H groups in total. The van der Waals surface area contributed by atoms with Crippen molar-refractivity contribution >= 4 is 23.5 Å². The molecule has 16 nitrogen and oxygen atoms in total. The highest BCUT2D eigenvalue weighted by molar-refractivity contribution is 7.66. The molecule has 1 aromatic heterocycles. The van der Waals surface area contributed by atoms with Crippen LogP contribution in [-0.4, -0.2) is 58.5 Å². The first-order chi connectivity index (χ1) is 14.3. The Morgan fingerprint density at radius 3 is 2.28 bits per heavy atom. The summed E-state index contributed by atoms with van der Waals surface area (Å²) in [7, 11) is -17.3. The van der Waals surface area contributed by atoms with Gasteiger partial charge in [-0.3, -0.25) is 18.9 Å². The number of ether oxygens (including phenoxy) is 1. The third-order valence-electron chi connectivity index (χ3n) is 3.81. The van der Waals surface area contributed by atoms with Gasteiger partial charge in [0, 0.05) is 12.3 Å². The molecule has 21 heteroatoms. The number of alkyl halides is 2. The molecule has 182 valence electrons. The number of nitrogens with zero attached hydrogens (tertiary/aromatic N) is 1. The molecule has 0 spiro atoms. The Labute approximate surface area is 175 Å². The van der Waals surface area contributed by atoms with E-state index in [4.69, 9.17) is 19.4 Å². The van der Waals surface area contributed by atoms with E-state index >= 15 is 0 Å². The van der Waals surface area contributed by atoms with E-state index in [1.807, 2.05) is 0 Å². The molecule has 0 saturated carbocycles. The highest BCUT2D eigenvalue weighted by Crippen LogP contribution is 2.66. The van der Waals surface area contributed by atoms with E-state index in [2.05, 4.69) is 19.7 Å². The lowest BCUT2D eigenvalue weighted by Crippen LogP contribution is -2.48. The van der Waals surface area contributed by atoms with Gasteiger partial charge < -0.3 is 29.4 Å². The Morgan fingerprint density at radius 1 is 1.19 bits per heavy atom. The number of aliphatic hydroxyl groups excluding tert-OH is 1. The van der Waals surface area contributed by atoms with Gasteiger partial charge in [-0.1, -0.05) is 6.08 Å². The Morgan fingerprint density at radius 2 is 1.78 bits per heavy atom. The van der Waals surface area contributed by atoms with E-state index in [-0.39, 0.29) is 4.57 Å². The first kappa shape index (κ1) is 26.9. The Hall–Kier alpha value is -1.39. The smallest absolute Gasteiger partial charge is 0.383 e. The lowest BCUT2D eigenvalue weighted by molar-refractivity contribution is -0.142. The molecule has 0 aliphatic carbocycles. The number of phosphoric ester groups is 1. The van der Waals surface area contributed by atoms with Crippen molar-refractivity contribution in [3.05, 3.63) is 45.8 Å². The summed E-state index contributed by atoms with van der Waals surface area (Å²) >= 11 is 0. The van der Waals surface area contributed by atoms with Crippen LogP contribution in [0, 0.1) is 0 Å². The maximum Gasteiger partial charge on any atom is 0.490 e. The maximum absolute atomic E-state index is 14.6. The van der Waals surface area contributed by atoms with Gasteiger partial charge in [0.2, 0.25) is 6.23 Å². The first-order valence-electron chi connectivity index (χ1n) is 7.81. The van der Waals surface area contributed by atoms with E-state index in [1.165, 1.54) is 0 Å². The van der Waals surface area contributed by atoms with Crippen LogP contribution in [0.2, 0.25) is 0 Å². The van der Waals surface area contributed by atoms with Gasteiger partial charge in [0.15, 0.2) is 6.10 Å². The fourth-order valence-electron chi connectivity index (χ4n) is 2.48. The van der Waals surface area contributed by atoms with E-state index in [0.717, 1.165) is 0 Å². The van der Waals surface area contributed by atoms with E-state index < -0.39 is 65.2 Å². The average molecular weight is 530 g/mol. The monoisotopic (exact) mass is 530 g/mol. The van der Waals surface area contributed by atoms with Gasteiger partial charge in [0.1, 0.15) is 5.60 Å². The van der Waals surface area contributed by atoms with Crippen molar-refractivity contribution in [2.75, 3.05) is 6.61 Å². The largest absolute Gasteiger partial charge is 0.490 e. The quantitative estimate of drug-likeness (QED) is 0.171. The standard InChI is InChI=1S/C11H15F2N2O14P3/c1-2-10(5-26-31(22,23)29-32(24,25)28-30(19,20)21)7(17)11(12,13)8(27-10)15-4-3-6(16)14-9(15)18/h2-4,7-8,17H,1,5H2,(H,22,23)(H,24,25)(H,14,16,18)(H2,19,20,21)/t7-,8-,10-/m1/s1. The molecule has 0 bridgehead atoms. The molecule has 1 aliphatic rings. The summed E-state index contributed by atoms with van der Waals surface area (Å²) in [5.41, 5.74) is -5.02. The molecule has 1 saturated heterocycles. The van der Waals surface area contributed by atoms with Gasteiger partial charge in [-0.2, -0.15) is 17.4 Å². The summed E-state index contributed by atoms with van der Waals surface area (Å²) in [6.07, 6.45) is -4.34. The van der Waals surface area contributed by atoms with Crippen LogP contribution in [0.25, 0.3) is 0 Å². The van der Waals surface area contributed by atoms with Crippen LogP contribution in [0.1, 0.15) is 6.23 Å². The number of hydrogen-bond donors (Lipinski definition) is 6. The SMILES string of the molecule is C=C[C@]1(COP(=O)(O)OP(=O)(O)OP(=O)(O)O)O[C@@H](n2ccc(=O)[nH]c2=O)C(F)(F)[C@@H]1O. The van der Waals surface area contributed by atoms with E-state index in [0.29, 0.717) is 18.3 Å². The normalized spacial score (nSPS) is 29.2. The Kier molecular flexibility index (Phi) is 7.35. The third kappa shape index (κ3) is 5.94. The number of halogens is 2. The van der Waals surface area contributed by atoms with Gasteiger partial charge in [0.05, 0.1) is 6.61 Å². The van der Waals surface area contributed by atoms with E-state index in [1.54, 1.807) is 4.98 Å². The van der Waals surface area contributed by atoms with Gasteiger partial charge in [-0.05, 0) is 0 Å². The number of aromatic nitrogens is 2. The topological polar surface area (TPSA) is 244 Å². The number of phosphoric acid groups is 3. The Bertz CT molecular complexity index is 1150. The molecular weight excluding hydrogens is 515 g/mol. The van der Waals surface area contributed by atoms with Gasteiger partial charge in [-0.15, -0.1) is 6.58 Å². The van der Waals surface area contributed by atoms with Gasteiger partial charge >= 0.3 is 35.1 Å². The molecular formula is C11H15F2N2O14P3.